The van der Waals surface area contributed by atoms with Crippen molar-refractivity contribution in [1.29, 1.82) is 0 Å². The van der Waals surface area contributed by atoms with Gasteiger partial charge in [-0.2, -0.15) is 4.39 Å². The number of hydrogen-bond donors (Lipinski definition) is 1. The number of nitro benzene ring substituents is 1. The molecule has 0 saturated carbocycles. The molecule has 0 saturated heterocycles. The summed E-state index contributed by atoms with van der Waals surface area (Å²) in [5, 5.41) is 12.3. The topological polar surface area (TPSA) is 102 Å². The number of halogens is 1. The fourth-order valence-corrected chi connectivity index (χ4v) is 3.20. The van der Waals surface area contributed by atoms with E-state index in [-0.39, 0.29) is 11.4 Å². The zero-order valence-corrected chi connectivity index (χ0v) is 12.2. The molecule has 0 spiro atoms. The molecule has 1 heterocycles. The zero-order chi connectivity index (χ0) is 15.5. The number of nitrogens with zero attached hydrogens (tertiary/aromatic N) is 2. The first-order chi connectivity index (χ1) is 9.90. The van der Waals surface area contributed by atoms with Gasteiger partial charge < -0.3 is 0 Å². The van der Waals surface area contributed by atoms with Gasteiger partial charge in [0.25, 0.3) is 0 Å². The highest BCUT2D eigenvalue weighted by Crippen LogP contribution is 2.20. The highest BCUT2D eigenvalue weighted by atomic mass is 32.2. The lowest BCUT2D eigenvalue weighted by Gasteiger charge is -2.06. The molecule has 1 aromatic heterocycles. The predicted octanol–water partition coefficient (Wildman–Crippen LogP) is 1.71. The maximum Gasteiger partial charge on any atom is 0.304 e. The minimum atomic E-state index is -3.92. The Kier molecular flexibility index (Phi) is 4.60. The molecule has 0 aliphatic rings. The summed E-state index contributed by atoms with van der Waals surface area (Å²) in [6, 6.07) is 2.44. The van der Waals surface area contributed by atoms with Crippen molar-refractivity contribution in [2.75, 3.05) is 6.54 Å². The van der Waals surface area contributed by atoms with Crippen LogP contribution in [0.2, 0.25) is 0 Å². The SMILES string of the molecule is O=[N+]([O-])c1ccc(S(=O)(=O)NCCc2cscn2)cc1F. The molecule has 0 radical (unpaired) electrons. The number of aromatic nitrogens is 1. The molecule has 1 aromatic carbocycles. The first kappa shape index (κ1) is 15.5. The summed E-state index contributed by atoms with van der Waals surface area (Å²) < 4.78 is 39.6. The summed E-state index contributed by atoms with van der Waals surface area (Å²) in [7, 11) is -3.92. The van der Waals surface area contributed by atoms with E-state index < -0.39 is 26.5 Å². The molecular formula is C11H10FN3O4S2. The fourth-order valence-electron chi connectivity index (χ4n) is 1.56. The molecule has 21 heavy (non-hydrogen) atoms. The molecule has 0 unspecified atom stereocenters. The van der Waals surface area contributed by atoms with Crippen LogP contribution in [0.5, 0.6) is 0 Å². The molecule has 2 aromatic rings. The van der Waals surface area contributed by atoms with E-state index in [1.807, 2.05) is 0 Å². The largest absolute Gasteiger partial charge is 0.304 e. The Hall–Kier alpha value is -1.91. The number of sulfonamides is 1. The van der Waals surface area contributed by atoms with Crippen LogP contribution in [0.3, 0.4) is 0 Å². The zero-order valence-electron chi connectivity index (χ0n) is 10.5. The van der Waals surface area contributed by atoms with Crippen molar-refractivity contribution in [2.45, 2.75) is 11.3 Å². The first-order valence-corrected chi connectivity index (χ1v) is 8.13. The van der Waals surface area contributed by atoms with Crippen LogP contribution in [0.4, 0.5) is 10.1 Å². The van der Waals surface area contributed by atoms with Gasteiger partial charge in [0, 0.05) is 30.5 Å². The lowest BCUT2D eigenvalue weighted by atomic mass is 10.3. The average Bonchev–Trinajstić information content (AvgIpc) is 2.91. The standard InChI is InChI=1S/C11H10FN3O4S2/c12-10-5-9(1-2-11(10)15(16)17)21(18,19)14-4-3-8-6-20-7-13-8/h1-2,5-7,14H,3-4H2. The van der Waals surface area contributed by atoms with Crippen LogP contribution in [0, 0.1) is 15.9 Å². The van der Waals surface area contributed by atoms with Gasteiger partial charge in [0.05, 0.1) is 21.0 Å². The van der Waals surface area contributed by atoms with E-state index in [0.29, 0.717) is 12.5 Å². The van der Waals surface area contributed by atoms with Crippen LogP contribution in [-0.2, 0) is 16.4 Å². The van der Waals surface area contributed by atoms with Crippen LogP contribution < -0.4 is 4.72 Å². The van der Waals surface area contributed by atoms with Crippen molar-refractivity contribution in [3.63, 3.8) is 0 Å². The Balaban J connectivity index is 2.08. The minimum Gasteiger partial charge on any atom is -0.258 e. The van der Waals surface area contributed by atoms with Crippen molar-refractivity contribution in [2.24, 2.45) is 0 Å². The summed E-state index contributed by atoms with van der Waals surface area (Å²) in [5.74, 6) is -1.19. The van der Waals surface area contributed by atoms with E-state index in [1.54, 1.807) is 10.9 Å². The highest BCUT2D eigenvalue weighted by Gasteiger charge is 2.20. The Morgan fingerprint density at radius 3 is 2.76 bits per heavy atom. The predicted molar refractivity (Wildman–Crippen MR) is 74.1 cm³/mol. The van der Waals surface area contributed by atoms with Gasteiger partial charge >= 0.3 is 5.69 Å². The van der Waals surface area contributed by atoms with E-state index in [4.69, 9.17) is 0 Å². The number of rotatable bonds is 6. The van der Waals surface area contributed by atoms with Crippen molar-refractivity contribution < 1.29 is 17.7 Å². The van der Waals surface area contributed by atoms with Gasteiger partial charge in [0.2, 0.25) is 15.8 Å². The van der Waals surface area contributed by atoms with Crippen LogP contribution in [0.15, 0.2) is 34.0 Å². The summed E-state index contributed by atoms with van der Waals surface area (Å²) in [4.78, 5) is 13.2. The molecule has 7 nitrogen and oxygen atoms in total. The third-order valence-electron chi connectivity index (χ3n) is 2.58. The average molecular weight is 331 g/mol. The molecular weight excluding hydrogens is 321 g/mol. The molecule has 0 amide bonds. The second kappa shape index (κ2) is 6.24. The fraction of sp³-hybridized carbons (Fsp3) is 0.182. The second-order valence-electron chi connectivity index (χ2n) is 4.00. The molecule has 0 atom stereocenters. The smallest absolute Gasteiger partial charge is 0.258 e. The van der Waals surface area contributed by atoms with Crippen molar-refractivity contribution in [3.8, 4) is 0 Å². The maximum atomic E-state index is 13.4. The van der Waals surface area contributed by atoms with Gasteiger partial charge in [-0.1, -0.05) is 0 Å². The molecule has 10 heteroatoms. The summed E-state index contributed by atoms with van der Waals surface area (Å²) >= 11 is 1.40. The molecule has 0 bridgehead atoms. The van der Waals surface area contributed by atoms with Gasteiger partial charge in [-0.15, -0.1) is 11.3 Å². The third kappa shape index (κ3) is 3.80. The van der Waals surface area contributed by atoms with Gasteiger partial charge in [-0.05, 0) is 6.07 Å². The van der Waals surface area contributed by atoms with Gasteiger partial charge in [-0.25, -0.2) is 18.1 Å². The minimum absolute atomic E-state index is 0.102. The van der Waals surface area contributed by atoms with Gasteiger partial charge in [-0.3, -0.25) is 10.1 Å². The van der Waals surface area contributed by atoms with Crippen molar-refractivity contribution >= 4 is 27.0 Å². The van der Waals surface area contributed by atoms with E-state index in [9.17, 15) is 22.9 Å². The van der Waals surface area contributed by atoms with Crippen molar-refractivity contribution in [3.05, 3.63) is 50.7 Å². The monoisotopic (exact) mass is 331 g/mol. The Bertz CT molecular complexity index is 747. The molecule has 112 valence electrons. The Morgan fingerprint density at radius 2 is 2.19 bits per heavy atom. The Morgan fingerprint density at radius 1 is 1.43 bits per heavy atom. The molecule has 0 aliphatic carbocycles. The number of nitro groups is 1. The lowest BCUT2D eigenvalue weighted by Crippen LogP contribution is -2.26. The molecule has 2 rings (SSSR count). The van der Waals surface area contributed by atoms with Crippen LogP contribution >= 0.6 is 11.3 Å². The second-order valence-corrected chi connectivity index (χ2v) is 6.48. The number of hydrogen-bond acceptors (Lipinski definition) is 6. The van der Waals surface area contributed by atoms with Crippen LogP contribution in [0.1, 0.15) is 5.69 Å². The van der Waals surface area contributed by atoms with E-state index in [2.05, 4.69) is 9.71 Å². The van der Waals surface area contributed by atoms with Gasteiger partial charge in [0.1, 0.15) is 0 Å². The normalized spacial score (nSPS) is 11.5. The summed E-state index contributed by atoms with van der Waals surface area (Å²) in [6.45, 7) is 0.102. The van der Waals surface area contributed by atoms with Crippen LogP contribution in [-0.4, -0.2) is 24.9 Å². The lowest BCUT2D eigenvalue weighted by molar-refractivity contribution is -0.387. The maximum absolute atomic E-state index is 13.4. The summed E-state index contributed by atoms with van der Waals surface area (Å²) in [6.07, 6.45) is 0.401. The number of nitrogens with one attached hydrogen (secondary N) is 1. The van der Waals surface area contributed by atoms with Gasteiger partial charge in [0.15, 0.2) is 0 Å². The Labute approximate surface area is 123 Å². The van der Waals surface area contributed by atoms with E-state index in [0.717, 1.165) is 17.8 Å². The van der Waals surface area contributed by atoms with E-state index >= 15 is 0 Å². The number of thiazole rings is 1. The summed E-state index contributed by atoms with van der Waals surface area (Å²) in [5.41, 5.74) is 1.62. The molecule has 0 aliphatic heterocycles. The van der Waals surface area contributed by atoms with Crippen molar-refractivity contribution in [1.82, 2.24) is 9.71 Å². The molecule has 0 fully saturated rings. The third-order valence-corrected chi connectivity index (χ3v) is 4.68. The van der Waals surface area contributed by atoms with Crippen LogP contribution in [0.25, 0.3) is 0 Å². The molecule has 1 N–H and O–H groups in total. The highest BCUT2D eigenvalue weighted by molar-refractivity contribution is 7.89. The number of benzene rings is 1. The quantitative estimate of drug-likeness (QED) is 0.641. The first-order valence-electron chi connectivity index (χ1n) is 5.71. The van der Waals surface area contributed by atoms with E-state index in [1.165, 1.54) is 11.3 Å².